The maximum Gasteiger partial charge on any atom is 0.336 e. The highest BCUT2D eigenvalue weighted by Gasteiger charge is 2.37. The lowest BCUT2D eigenvalue weighted by Gasteiger charge is -2.32. The van der Waals surface area contributed by atoms with Gasteiger partial charge in [0.25, 0.3) is 0 Å². The number of esters is 1. The summed E-state index contributed by atoms with van der Waals surface area (Å²) in [5.41, 5.74) is 4.14. The van der Waals surface area contributed by atoms with E-state index in [1.54, 1.807) is 6.20 Å². The van der Waals surface area contributed by atoms with Crippen molar-refractivity contribution in [3.05, 3.63) is 77.1 Å². The maximum absolute atomic E-state index is 13.1. The minimum absolute atomic E-state index is 0.0461. The highest BCUT2D eigenvalue weighted by atomic mass is 16.5. The van der Waals surface area contributed by atoms with E-state index >= 15 is 0 Å². The highest BCUT2D eigenvalue weighted by Crippen LogP contribution is 2.47. The Labute approximate surface area is 176 Å². The summed E-state index contributed by atoms with van der Waals surface area (Å²) in [6.45, 7) is 7.98. The van der Waals surface area contributed by atoms with Gasteiger partial charge < -0.3 is 14.8 Å². The van der Waals surface area contributed by atoms with E-state index in [0.29, 0.717) is 18.1 Å². The molecule has 0 amide bonds. The molecule has 2 heterocycles. The molecule has 1 aromatic heterocycles. The summed E-state index contributed by atoms with van der Waals surface area (Å²) >= 11 is 0. The number of benzene rings is 2. The molecule has 1 aliphatic heterocycles. The Kier molecular flexibility index (Phi) is 5.44. The van der Waals surface area contributed by atoms with Gasteiger partial charge in [-0.05, 0) is 50.1 Å². The largest absolute Gasteiger partial charge is 0.475 e. The molecule has 0 fully saturated rings. The molecule has 30 heavy (non-hydrogen) atoms. The van der Waals surface area contributed by atoms with Gasteiger partial charge in [-0.1, -0.05) is 42.5 Å². The van der Waals surface area contributed by atoms with Crippen LogP contribution in [0.2, 0.25) is 0 Å². The number of anilines is 1. The van der Waals surface area contributed by atoms with Crippen LogP contribution >= 0.6 is 0 Å². The number of hydrogen-bond acceptors (Lipinski definition) is 5. The fourth-order valence-electron chi connectivity index (χ4n) is 4.08. The first kappa shape index (κ1) is 20.0. The van der Waals surface area contributed by atoms with Crippen molar-refractivity contribution >= 4 is 22.4 Å². The average Bonchev–Trinajstić information content (AvgIpc) is 2.72. The van der Waals surface area contributed by atoms with Crippen molar-refractivity contribution < 1.29 is 14.3 Å². The summed E-state index contributed by atoms with van der Waals surface area (Å²) in [6.07, 6.45) is 1.68. The van der Waals surface area contributed by atoms with Gasteiger partial charge in [-0.15, -0.1) is 0 Å². The first-order chi connectivity index (χ1) is 14.5. The molecule has 5 heteroatoms. The van der Waals surface area contributed by atoms with Crippen LogP contribution in [-0.2, 0) is 9.53 Å². The quantitative estimate of drug-likeness (QED) is 0.578. The molecule has 4 rings (SSSR count). The second-order valence-electron chi connectivity index (χ2n) is 7.63. The molecule has 1 N–H and O–H groups in total. The number of aromatic nitrogens is 1. The summed E-state index contributed by atoms with van der Waals surface area (Å²) in [5, 5.41) is 5.58. The zero-order chi connectivity index (χ0) is 21.3. The van der Waals surface area contributed by atoms with Crippen molar-refractivity contribution in [3.63, 3.8) is 0 Å². The van der Waals surface area contributed by atoms with Crippen molar-refractivity contribution in [3.8, 4) is 5.88 Å². The third-order valence-corrected chi connectivity index (χ3v) is 5.23. The van der Waals surface area contributed by atoms with E-state index < -0.39 is 0 Å². The Morgan fingerprint density at radius 3 is 2.67 bits per heavy atom. The summed E-state index contributed by atoms with van der Waals surface area (Å²) in [7, 11) is 0. The molecular weight excluding hydrogens is 376 g/mol. The number of carbonyl (C=O) groups is 1. The van der Waals surface area contributed by atoms with Crippen LogP contribution in [0.3, 0.4) is 0 Å². The fourth-order valence-corrected chi connectivity index (χ4v) is 4.08. The molecular formula is C25H26N2O3. The lowest BCUT2D eigenvalue weighted by Crippen LogP contribution is -2.26. The summed E-state index contributed by atoms with van der Waals surface area (Å²) < 4.78 is 11.5. The predicted octanol–water partition coefficient (Wildman–Crippen LogP) is 5.42. The molecule has 0 saturated heterocycles. The van der Waals surface area contributed by atoms with Crippen molar-refractivity contribution in [2.75, 3.05) is 11.9 Å². The number of nitrogens with zero attached hydrogens (tertiary/aromatic N) is 1. The zero-order valence-corrected chi connectivity index (χ0v) is 17.7. The molecule has 0 spiro atoms. The van der Waals surface area contributed by atoms with Gasteiger partial charge in [-0.25, -0.2) is 9.78 Å². The fraction of sp³-hybridized carbons (Fsp3) is 0.280. The van der Waals surface area contributed by atoms with E-state index in [1.807, 2.05) is 52.0 Å². The number of fused-ring (bicyclic) bond motifs is 2. The molecule has 3 aromatic rings. The summed E-state index contributed by atoms with van der Waals surface area (Å²) in [5.74, 6) is -0.151. The van der Waals surface area contributed by atoms with Crippen LogP contribution in [0.4, 0.5) is 5.69 Å². The molecule has 0 aliphatic carbocycles. The molecule has 0 saturated carbocycles. The Balaban J connectivity index is 2.02. The lowest BCUT2D eigenvalue weighted by atomic mass is 9.79. The van der Waals surface area contributed by atoms with E-state index in [9.17, 15) is 4.79 Å². The number of hydrogen-bond donors (Lipinski definition) is 1. The number of allylic oxidation sites excluding steroid dienone is 1. The zero-order valence-electron chi connectivity index (χ0n) is 17.7. The van der Waals surface area contributed by atoms with Crippen molar-refractivity contribution in [2.24, 2.45) is 0 Å². The van der Waals surface area contributed by atoms with Crippen molar-refractivity contribution in [2.45, 2.75) is 39.7 Å². The SMILES string of the molecule is CCOC(=O)C1=C(C)Nc2ccnc(OC(C)C)c2C1c1cccc2ccccc12. The van der Waals surface area contributed by atoms with E-state index in [1.165, 1.54) is 0 Å². The second kappa shape index (κ2) is 8.19. The van der Waals surface area contributed by atoms with Gasteiger partial charge >= 0.3 is 5.97 Å². The molecule has 0 bridgehead atoms. The maximum atomic E-state index is 13.1. The molecule has 1 aliphatic rings. The third kappa shape index (κ3) is 3.52. The number of pyridine rings is 1. The van der Waals surface area contributed by atoms with E-state index in [4.69, 9.17) is 9.47 Å². The minimum Gasteiger partial charge on any atom is -0.475 e. The van der Waals surface area contributed by atoms with Gasteiger partial charge in [0.05, 0.1) is 24.2 Å². The smallest absolute Gasteiger partial charge is 0.336 e. The monoisotopic (exact) mass is 402 g/mol. The minimum atomic E-state index is -0.353. The van der Waals surface area contributed by atoms with E-state index in [-0.39, 0.29) is 18.0 Å². The average molecular weight is 402 g/mol. The normalized spacial score (nSPS) is 15.7. The Bertz CT molecular complexity index is 1130. The summed E-state index contributed by atoms with van der Waals surface area (Å²) in [6, 6.07) is 16.3. The van der Waals surface area contributed by atoms with Crippen LogP contribution in [0.1, 0.15) is 44.7 Å². The standard InChI is InChI=1S/C25H26N2O3/c1-5-29-25(28)21-16(4)27-20-13-14-26-24(30-15(2)3)23(20)22(21)19-12-8-10-17-9-6-7-11-18(17)19/h6-15,22,27H,5H2,1-4H3. The van der Waals surface area contributed by atoms with Crippen LogP contribution in [0.25, 0.3) is 10.8 Å². The molecule has 0 radical (unpaired) electrons. The molecule has 1 atom stereocenters. The second-order valence-corrected chi connectivity index (χ2v) is 7.63. The predicted molar refractivity (Wildman–Crippen MR) is 119 cm³/mol. The highest BCUT2D eigenvalue weighted by molar-refractivity contribution is 5.97. The Morgan fingerprint density at radius 2 is 1.90 bits per heavy atom. The molecule has 2 aromatic carbocycles. The van der Waals surface area contributed by atoms with Crippen molar-refractivity contribution in [1.29, 1.82) is 0 Å². The van der Waals surface area contributed by atoms with Crippen LogP contribution in [0.5, 0.6) is 5.88 Å². The van der Waals surface area contributed by atoms with Crippen molar-refractivity contribution in [1.82, 2.24) is 4.98 Å². The van der Waals surface area contributed by atoms with Crippen LogP contribution in [0.15, 0.2) is 66.0 Å². The molecule has 1 unspecified atom stereocenters. The molecule has 5 nitrogen and oxygen atoms in total. The van der Waals surface area contributed by atoms with Gasteiger partial charge in [0.1, 0.15) is 0 Å². The van der Waals surface area contributed by atoms with E-state index in [0.717, 1.165) is 33.3 Å². The van der Waals surface area contributed by atoms with Crippen LogP contribution in [-0.4, -0.2) is 23.7 Å². The van der Waals surface area contributed by atoms with Gasteiger partial charge in [-0.2, -0.15) is 0 Å². The third-order valence-electron chi connectivity index (χ3n) is 5.23. The van der Waals surface area contributed by atoms with Crippen LogP contribution in [0, 0.1) is 0 Å². The van der Waals surface area contributed by atoms with Gasteiger partial charge in [-0.3, -0.25) is 0 Å². The Hall–Kier alpha value is -3.34. The number of rotatable bonds is 5. The Morgan fingerprint density at radius 1 is 1.13 bits per heavy atom. The molecule has 154 valence electrons. The summed E-state index contributed by atoms with van der Waals surface area (Å²) in [4.78, 5) is 17.6. The number of nitrogens with one attached hydrogen (secondary N) is 1. The van der Waals surface area contributed by atoms with Gasteiger partial charge in [0.2, 0.25) is 5.88 Å². The van der Waals surface area contributed by atoms with Crippen LogP contribution < -0.4 is 10.1 Å². The first-order valence-corrected chi connectivity index (χ1v) is 10.3. The van der Waals surface area contributed by atoms with Gasteiger partial charge in [0, 0.05) is 23.1 Å². The number of carbonyl (C=O) groups excluding carboxylic acids is 1. The lowest BCUT2D eigenvalue weighted by molar-refractivity contribution is -0.138. The topological polar surface area (TPSA) is 60.5 Å². The van der Waals surface area contributed by atoms with E-state index in [2.05, 4.69) is 34.6 Å². The van der Waals surface area contributed by atoms with Gasteiger partial charge in [0.15, 0.2) is 0 Å². The number of ether oxygens (including phenoxy) is 2. The first-order valence-electron chi connectivity index (χ1n) is 10.3.